The van der Waals surface area contributed by atoms with Gasteiger partial charge in [-0.3, -0.25) is 9.00 Å². The van der Waals surface area contributed by atoms with E-state index < -0.39 is 16.6 Å². The summed E-state index contributed by atoms with van der Waals surface area (Å²) >= 11 is 0. The first-order chi connectivity index (χ1) is 9.04. The van der Waals surface area contributed by atoms with Gasteiger partial charge in [0.25, 0.3) is 0 Å². The number of hydrogen-bond acceptors (Lipinski definition) is 4. The van der Waals surface area contributed by atoms with Gasteiger partial charge < -0.3 is 15.8 Å². The first-order valence-corrected chi connectivity index (χ1v) is 7.05. The third-order valence-electron chi connectivity index (χ3n) is 2.31. The monoisotopic (exact) mass is 288 g/mol. The third-order valence-corrected chi connectivity index (χ3v) is 3.66. The van der Waals surface area contributed by atoms with Crippen LogP contribution >= 0.6 is 0 Å². The number of rotatable bonds is 7. The topological polar surface area (TPSA) is 81.4 Å². The molecule has 3 N–H and O–H groups in total. The molecule has 19 heavy (non-hydrogen) atoms. The minimum absolute atomic E-state index is 0.0127. The van der Waals surface area contributed by atoms with Gasteiger partial charge in [-0.05, 0) is 24.6 Å². The molecule has 0 spiro atoms. The van der Waals surface area contributed by atoms with Gasteiger partial charge in [0.05, 0.1) is 15.7 Å². The maximum Gasteiger partial charge on any atom is 0.233 e. The molecular weight excluding hydrogens is 271 g/mol. The van der Waals surface area contributed by atoms with Crippen LogP contribution in [-0.2, 0) is 20.3 Å². The standard InChI is InChI=1S/C12H17FN2O3S/c1-18-6-2-5-15-12(16)8-19(17)11-4-3-9(14)7-10(11)13/h3-4,7H,2,5-6,8,14H2,1H3,(H,15,16). The lowest BCUT2D eigenvalue weighted by molar-refractivity contribution is -0.118. The molecule has 0 aliphatic rings. The third kappa shape index (κ3) is 5.35. The van der Waals surface area contributed by atoms with E-state index in [0.717, 1.165) is 6.07 Å². The Morgan fingerprint density at radius 3 is 2.89 bits per heavy atom. The first kappa shape index (κ1) is 15.6. The summed E-state index contributed by atoms with van der Waals surface area (Å²) in [6.07, 6.45) is 0.672. The fourth-order valence-electron chi connectivity index (χ4n) is 1.39. The number of hydrogen-bond donors (Lipinski definition) is 2. The molecule has 0 heterocycles. The van der Waals surface area contributed by atoms with Gasteiger partial charge >= 0.3 is 0 Å². The summed E-state index contributed by atoms with van der Waals surface area (Å²) in [6.45, 7) is 0.976. The van der Waals surface area contributed by atoms with Crippen molar-refractivity contribution in [3.63, 3.8) is 0 Å². The molecule has 0 aliphatic heterocycles. The summed E-state index contributed by atoms with van der Waals surface area (Å²) in [7, 11) is -0.144. The van der Waals surface area contributed by atoms with E-state index in [1.807, 2.05) is 0 Å². The predicted octanol–water partition coefficient (Wildman–Crippen LogP) is 0.668. The van der Waals surface area contributed by atoms with Crippen LogP contribution in [0, 0.1) is 5.82 Å². The molecule has 7 heteroatoms. The zero-order valence-electron chi connectivity index (χ0n) is 10.6. The van der Waals surface area contributed by atoms with Crippen molar-refractivity contribution in [2.45, 2.75) is 11.3 Å². The van der Waals surface area contributed by atoms with E-state index in [1.54, 1.807) is 7.11 Å². The van der Waals surface area contributed by atoms with Gasteiger partial charge in [-0.15, -0.1) is 0 Å². The highest BCUT2D eigenvalue weighted by molar-refractivity contribution is 7.85. The van der Waals surface area contributed by atoms with Crippen molar-refractivity contribution in [2.24, 2.45) is 0 Å². The van der Waals surface area contributed by atoms with Crippen molar-refractivity contribution in [1.29, 1.82) is 0 Å². The maximum atomic E-state index is 13.5. The quantitative estimate of drug-likeness (QED) is 0.571. The fourth-order valence-corrected chi connectivity index (χ4v) is 2.39. The summed E-state index contributed by atoms with van der Waals surface area (Å²) in [5.41, 5.74) is 5.65. The van der Waals surface area contributed by atoms with Gasteiger partial charge in [-0.2, -0.15) is 0 Å². The van der Waals surface area contributed by atoms with E-state index in [-0.39, 0.29) is 22.2 Å². The molecule has 0 saturated heterocycles. The second-order valence-electron chi connectivity index (χ2n) is 3.88. The predicted molar refractivity (Wildman–Crippen MR) is 71.6 cm³/mol. The van der Waals surface area contributed by atoms with Crippen LogP contribution in [0.25, 0.3) is 0 Å². The molecule has 0 saturated carbocycles. The number of nitrogens with two attached hydrogens (primary N) is 1. The van der Waals surface area contributed by atoms with Gasteiger partial charge in [0.1, 0.15) is 11.6 Å². The Hall–Kier alpha value is -1.47. The Morgan fingerprint density at radius 1 is 1.53 bits per heavy atom. The van der Waals surface area contributed by atoms with Crippen LogP contribution in [0.15, 0.2) is 23.1 Å². The molecule has 1 amide bonds. The summed E-state index contributed by atoms with van der Waals surface area (Å²) in [5, 5.41) is 2.59. The number of amides is 1. The van der Waals surface area contributed by atoms with E-state index in [9.17, 15) is 13.4 Å². The van der Waals surface area contributed by atoms with Crippen LogP contribution in [0.2, 0.25) is 0 Å². The molecule has 1 unspecified atom stereocenters. The molecule has 1 atom stereocenters. The summed E-state index contributed by atoms with van der Waals surface area (Å²) in [4.78, 5) is 11.5. The zero-order valence-corrected chi connectivity index (χ0v) is 11.5. The lowest BCUT2D eigenvalue weighted by Crippen LogP contribution is -2.29. The molecule has 5 nitrogen and oxygen atoms in total. The summed E-state index contributed by atoms with van der Waals surface area (Å²) < 4.78 is 30.1. The lowest BCUT2D eigenvalue weighted by atomic mass is 10.3. The molecule has 1 aromatic rings. The van der Waals surface area contributed by atoms with Crippen LogP contribution in [0.1, 0.15) is 6.42 Å². The number of anilines is 1. The maximum absolute atomic E-state index is 13.5. The van der Waals surface area contributed by atoms with Crippen molar-refractivity contribution >= 4 is 22.4 Å². The number of carbonyl (C=O) groups is 1. The molecule has 0 aromatic heterocycles. The van der Waals surface area contributed by atoms with Gasteiger partial charge in [0, 0.05) is 25.9 Å². The van der Waals surface area contributed by atoms with Crippen molar-refractivity contribution < 1.29 is 18.1 Å². The van der Waals surface area contributed by atoms with Gasteiger partial charge in [0.15, 0.2) is 0 Å². The second-order valence-corrected chi connectivity index (χ2v) is 5.30. The Labute approximate surface area is 113 Å². The molecular formula is C12H17FN2O3S. The van der Waals surface area contributed by atoms with Crippen molar-refractivity contribution in [3.05, 3.63) is 24.0 Å². The zero-order chi connectivity index (χ0) is 14.3. The number of nitrogen functional groups attached to an aromatic ring is 1. The van der Waals surface area contributed by atoms with Crippen LogP contribution in [0.5, 0.6) is 0 Å². The number of halogens is 1. The minimum atomic E-state index is -1.71. The lowest BCUT2D eigenvalue weighted by Gasteiger charge is -2.06. The largest absolute Gasteiger partial charge is 0.399 e. The highest BCUT2D eigenvalue weighted by Crippen LogP contribution is 2.15. The average molecular weight is 288 g/mol. The molecule has 1 aromatic carbocycles. The number of benzene rings is 1. The second kappa shape index (κ2) is 7.85. The number of nitrogens with one attached hydrogen (secondary N) is 1. The van der Waals surface area contributed by atoms with Crippen molar-refractivity contribution in [2.75, 3.05) is 31.7 Å². The van der Waals surface area contributed by atoms with Gasteiger partial charge in [-0.25, -0.2) is 4.39 Å². The van der Waals surface area contributed by atoms with Crippen LogP contribution < -0.4 is 11.1 Å². The summed E-state index contributed by atoms with van der Waals surface area (Å²) in [5.74, 6) is -1.32. The summed E-state index contributed by atoms with van der Waals surface area (Å²) in [6, 6.07) is 3.87. The van der Waals surface area contributed by atoms with Crippen molar-refractivity contribution in [1.82, 2.24) is 5.32 Å². The molecule has 0 aliphatic carbocycles. The molecule has 0 fully saturated rings. The highest BCUT2D eigenvalue weighted by Gasteiger charge is 2.14. The van der Waals surface area contributed by atoms with Gasteiger partial charge in [0.2, 0.25) is 5.91 Å². The average Bonchev–Trinajstić information content (AvgIpc) is 2.34. The number of methoxy groups -OCH3 is 1. The van der Waals surface area contributed by atoms with Crippen LogP contribution in [0.4, 0.5) is 10.1 Å². The van der Waals surface area contributed by atoms with E-state index in [0.29, 0.717) is 19.6 Å². The SMILES string of the molecule is COCCCNC(=O)CS(=O)c1ccc(N)cc1F. The minimum Gasteiger partial charge on any atom is -0.399 e. The number of ether oxygens (including phenoxy) is 1. The van der Waals surface area contributed by atoms with Gasteiger partial charge in [-0.1, -0.05) is 0 Å². The van der Waals surface area contributed by atoms with Crippen LogP contribution in [-0.4, -0.2) is 36.1 Å². The Balaban J connectivity index is 2.48. The van der Waals surface area contributed by atoms with E-state index in [1.165, 1.54) is 12.1 Å². The molecule has 106 valence electrons. The van der Waals surface area contributed by atoms with E-state index in [2.05, 4.69) is 5.32 Å². The van der Waals surface area contributed by atoms with Crippen LogP contribution in [0.3, 0.4) is 0 Å². The Morgan fingerprint density at radius 2 is 2.26 bits per heavy atom. The Kier molecular flexibility index (Phi) is 6.44. The molecule has 0 bridgehead atoms. The first-order valence-electron chi connectivity index (χ1n) is 5.73. The molecule has 0 radical (unpaired) electrons. The highest BCUT2D eigenvalue weighted by atomic mass is 32.2. The van der Waals surface area contributed by atoms with E-state index in [4.69, 9.17) is 10.5 Å². The normalized spacial score (nSPS) is 12.1. The molecule has 1 rings (SSSR count). The fraction of sp³-hybridized carbons (Fsp3) is 0.417. The van der Waals surface area contributed by atoms with E-state index >= 15 is 0 Å². The smallest absolute Gasteiger partial charge is 0.233 e. The number of carbonyl (C=O) groups excluding carboxylic acids is 1. The Bertz CT molecular complexity index is 468. The van der Waals surface area contributed by atoms with Crippen molar-refractivity contribution in [3.8, 4) is 0 Å².